The fourth-order valence-electron chi connectivity index (χ4n) is 2.85. The third kappa shape index (κ3) is 3.57. The van der Waals surface area contributed by atoms with Crippen LogP contribution in [-0.4, -0.2) is 29.6 Å². The van der Waals surface area contributed by atoms with Crippen LogP contribution in [0.15, 0.2) is 46.5 Å². The molecule has 0 unspecified atom stereocenters. The summed E-state index contributed by atoms with van der Waals surface area (Å²) in [5.74, 6) is -0.213. The topological polar surface area (TPSA) is 25.4 Å². The Morgan fingerprint density at radius 1 is 1.21 bits per heavy atom. The van der Waals surface area contributed by atoms with Crippen molar-refractivity contribution < 1.29 is 9.13 Å². The van der Waals surface area contributed by atoms with E-state index in [-0.39, 0.29) is 11.9 Å². The van der Waals surface area contributed by atoms with Gasteiger partial charge in [0.2, 0.25) is 0 Å². The van der Waals surface area contributed by atoms with E-state index >= 15 is 0 Å². The van der Waals surface area contributed by atoms with Crippen LogP contribution in [0.2, 0.25) is 0 Å². The lowest BCUT2D eigenvalue weighted by Crippen LogP contribution is -2.37. The molecule has 0 aliphatic carbocycles. The first-order valence-electron chi connectivity index (χ1n) is 7.84. The SMILES string of the molecule is Fc1ccc([C@H]2CN(Cc3csc(-c4ccsc4)n3)CCO2)cc1. The molecular weight excluding hydrogens is 343 g/mol. The summed E-state index contributed by atoms with van der Waals surface area (Å²) >= 11 is 3.38. The number of ether oxygens (including phenoxy) is 1. The highest BCUT2D eigenvalue weighted by atomic mass is 32.1. The van der Waals surface area contributed by atoms with Crippen LogP contribution in [0, 0.1) is 5.82 Å². The summed E-state index contributed by atoms with van der Waals surface area (Å²) in [4.78, 5) is 7.10. The standard InChI is InChI=1S/C18H17FN2OS2/c19-15-3-1-13(2-4-15)17-10-21(6-7-22-17)9-16-12-24-18(20-16)14-5-8-23-11-14/h1-5,8,11-12,17H,6-7,9-10H2/t17-/m1/s1. The van der Waals surface area contributed by atoms with Gasteiger partial charge in [-0.2, -0.15) is 11.3 Å². The zero-order valence-electron chi connectivity index (χ0n) is 13.0. The van der Waals surface area contributed by atoms with Crippen molar-refractivity contribution in [3.63, 3.8) is 0 Å². The summed E-state index contributed by atoms with van der Waals surface area (Å²) in [5.41, 5.74) is 3.32. The molecule has 24 heavy (non-hydrogen) atoms. The Bertz CT molecular complexity index is 786. The highest BCUT2D eigenvalue weighted by molar-refractivity contribution is 7.14. The van der Waals surface area contributed by atoms with Crippen molar-refractivity contribution >= 4 is 22.7 Å². The van der Waals surface area contributed by atoms with Gasteiger partial charge in [-0.25, -0.2) is 9.37 Å². The number of rotatable bonds is 4. The number of morpholine rings is 1. The van der Waals surface area contributed by atoms with Crippen LogP contribution in [0.5, 0.6) is 0 Å². The third-order valence-electron chi connectivity index (χ3n) is 4.10. The monoisotopic (exact) mass is 360 g/mol. The van der Waals surface area contributed by atoms with Gasteiger partial charge in [0.1, 0.15) is 10.8 Å². The largest absolute Gasteiger partial charge is 0.371 e. The van der Waals surface area contributed by atoms with Gasteiger partial charge in [0.05, 0.1) is 18.4 Å². The van der Waals surface area contributed by atoms with Crippen LogP contribution >= 0.6 is 22.7 Å². The van der Waals surface area contributed by atoms with Crippen molar-refractivity contribution in [1.29, 1.82) is 0 Å². The van der Waals surface area contributed by atoms with Gasteiger partial charge in [0.15, 0.2) is 0 Å². The van der Waals surface area contributed by atoms with Gasteiger partial charge in [0.25, 0.3) is 0 Å². The zero-order chi connectivity index (χ0) is 16.4. The highest BCUT2D eigenvalue weighted by Crippen LogP contribution is 2.27. The Morgan fingerprint density at radius 3 is 2.88 bits per heavy atom. The molecule has 1 aromatic carbocycles. The Labute approximate surface area is 148 Å². The molecule has 0 N–H and O–H groups in total. The van der Waals surface area contributed by atoms with E-state index in [1.807, 2.05) is 0 Å². The molecule has 0 spiro atoms. The van der Waals surface area contributed by atoms with Crippen LogP contribution in [0.3, 0.4) is 0 Å². The molecule has 4 rings (SSSR count). The molecule has 124 valence electrons. The van der Waals surface area contributed by atoms with Crippen LogP contribution < -0.4 is 0 Å². The van der Waals surface area contributed by atoms with Gasteiger partial charge in [-0.05, 0) is 29.1 Å². The van der Waals surface area contributed by atoms with Gasteiger partial charge in [-0.1, -0.05) is 12.1 Å². The lowest BCUT2D eigenvalue weighted by molar-refractivity contribution is -0.0332. The van der Waals surface area contributed by atoms with Crippen LogP contribution in [0.1, 0.15) is 17.4 Å². The zero-order valence-corrected chi connectivity index (χ0v) is 14.7. The van der Waals surface area contributed by atoms with Gasteiger partial charge >= 0.3 is 0 Å². The minimum atomic E-state index is -0.213. The molecule has 0 radical (unpaired) electrons. The van der Waals surface area contributed by atoms with E-state index in [4.69, 9.17) is 9.72 Å². The van der Waals surface area contributed by atoms with E-state index in [1.54, 1.807) is 34.8 Å². The number of thiophene rings is 1. The molecule has 6 heteroatoms. The Kier molecular flexibility index (Phi) is 4.71. The summed E-state index contributed by atoms with van der Waals surface area (Å²) in [7, 11) is 0. The number of thiazole rings is 1. The van der Waals surface area contributed by atoms with Crippen molar-refractivity contribution in [2.45, 2.75) is 12.6 Å². The van der Waals surface area contributed by atoms with Gasteiger partial charge < -0.3 is 4.74 Å². The first-order valence-corrected chi connectivity index (χ1v) is 9.66. The molecule has 0 amide bonds. The van der Waals surface area contributed by atoms with E-state index in [1.165, 1.54) is 17.7 Å². The van der Waals surface area contributed by atoms with E-state index in [2.05, 4.69) is 27.1 Å². The van der Waals surface area contributed by atoms with Crippen molar-refractivity contribution in [3.05, 3.63) is 63.5 Å². The predicted molar refractivity (Wildman–Crippen MR) is 95.8 cm³/mol. The minimum Gasteiger partial charge on any atom is -0.371 e. The molecular formula is C18H17FN2OS2. The second-order valence-corrected chi connectivity index (χ2v) is 7.44. The molecule has 1 aliphatic heterocycles. The summed E-state index contributed by atoms with van der Waals surface area (Å²) in [6, 6.07) is 8.70. The summed E-state index contributed by atoms with van der Waals surface area (Å²) in [6.07, 6.45) is -0.00525. The number of benzene rings is 1. The third-order valence-corrected chi connectivity index (χ3v) is 5.72. The highest BCUT2D eigenvalue weighted by Gasteiger charge is 2.22. The smallest absolute Gasteiger partial charge is 0.124 e. The molecule has 1 fully saturated rings. The maximum atomic E-state index is 13.1. The number of halogens is 1. The predicted octanol–water partition coefficient (Wildman–Crippen LogP) is 4.58. The molecule has 1 saturated heterocycles. The van der Waals surface area contributed by atoms with Crippen LogP contribution in [-0.2, 0) is 11.3 Å². The van der Waals surface area contributed by atoms with E-state index in [9.17, 15) is 4.39 Å². The molecule has 1 aliphatic rings. The number of hydrogen-bond acceptors (Lipinski definition) is 5. The number of aromatic nitrogens is 1. The Morgan fingerprint density at radius 2 is 2.08 bits per heavy atom. The quantitative estimate of drug-likeness (QED) is 0.681. The Balaban J connectivity index is 1.42. The van der Waals surface area contributed by atoms with Crippen LogP contribution in [0.25, 0.3) is 10.6 Å². The minimum absolute atomic E-state index is 0.00525. The average molecular weight is 360 g/mol. The van der Waals surface area contributed by atoms with Crippen molar-refractivity contribution in [3.8, 4) is 10.6 Å². The summed E-state index contributed by atoms with van der Waals surface area (Å²) in [5, 5.41) is 7.41. The number of nitrogens with zero attached hydrogens (tertiary/aromatic N) is 2. The average Bonchev–Trinajstić information content (AvgIpc) is 3.27. The number of hydrogen-bond donors (Lipinski definition) is 0. The maximum absolute atomic E-state index is 13.1. The summed E-state index contributed by atoms with van der Waals surface area (Å²) in [6.45, 7) is 3.20. The van der Waals surface area contributed by atoms with Gasteiger partial charge in [0, 0.05) is 36.0 Å². The van der Waals surface area contributed by atoms with Gasteiger partial charge in [-0.15, -0.1) is 11.3 Å². The fourth-order valence-corrected chi connectivity index (χ4v) is 4.38. The molecule has 0 saturated carbocycles. The molecule has 0 bridgehead atoms. The van der Waals surface area contributed by atoms with Crippen LogP contribution in [0.4, 0.5) is 4.39 Å². The molecule has 3 heterocycles. The van der Waals surface area contributed by atoms with E-state index < -0.39 is 0 Å². The molecule has 3 nitrogen and oxygen atoms in total. The summed E-state index contributed by atoms with van der Waals surface area (Å²) < 4.78 is 18.9. The fraction of sp³-hybridized carbons (Fsp3) is 0.278. The van der Waals surface area contributed by atoms with Crippen molar-refractivity contribution in [2.24, 2.45) is 0 Å². The van der Waals surface area contributed by atoms with Gasteiger partial charge in [-0.3, -0.25) is 4.90 Å². The van der Waals surface area contributed by atoms with E-state index in [0.717, 1.165) is 35.9 Å². The second-order valence-electron chi connectivity index (χ2n) is 5.80. The molecule has 1 atom stereocenters. The lowest BCUT2D eigenvalue weighted by atomic mass is 10.1. The first kappa shape index (κ1) is 15.9. The normalized spacial score (nSPS) is 18.8. The van der Waals surface area contributed by atoms with Crippen molar-refractivity contribution in [2.75, 3.05) is 19.7 Å². The van der Waals surface area contributed by atoms with Crippen molar-refractivity contribution in [1.82, 2.24) is 9.88 Å². The molecule has 2 aromatic heterocycles. The lowest BCUT2D eigenvalue weighted by Gasteiger charge is -2.32. The second kappa shape index (κ2) is 7.11. The maximum Gasteiger partial charge on any atom is 0.124 e. The first-order chi connectivity index (χ1) is 11.8. The Hall–Kier alpha value is -1.60. The van der Waals surface area contributed by atoms with E-state index in [0.29, 0.717) is 6.61 Å². The molecule has 3 aromatic rings.